The molecule has 1 aromatic carbocycles. The first kappa shape index (κ1) is 17.3. The van der Waals surface area contributed by atoms with Crippen LogP contribution in [0.15, 0.2) is 28.8 Å². The molecule has 1 saturated heterocycles. The lowest BCUT2D eigenvalue weighted by Gasteiger charge is -2.24. The minimum Gasteiger partial charge on any atom is -0.485 e. The molecule has 1 unspecified atom stereocenters. The summed E-state index contributed by atoms with van der Waals surface area (Å²) in [5.74, 6) is 1.17. The Kier molecular flexibility index (Phi) is 5.28. The van der Waals surface area contributed by atoms with Crippen LogP contribution in [0, 0.1) is 5.82 Å². The van der Waals surface area contributed by atoms with E-state index in [2.05, 4.69) is 15.0 Å². The third kappa shape index (κ3) is 4.33. The third-order valence-corrected chi connectivity index (χ3v) is 4.12. The van der Waals surface area contributed by atoms with Crippen molar-refractivity contribution in [2.75, 3.05) is 20.6 Å². The van der Waals surface area contributed by atoms with Crippen LogP contribution in [0.2, 0.25) is 0 Å². The molecule has 25 heavy (non-hydrogen) atoms. The fourth-order valence-electron chi connectivity index (χ4n) is 2.86. The van der Waals surface area contributed by atoms with Gasteiger partial charge in [-0.1, -0.05) is 5.16 Å². The average molecular weight is 348 g/mol. The minimum absolute atomic E-state index is 0.0943. The zero-order valence-corrected chi connectivity index (χ0v) is 14.3. The molecule has 1 aliphatic rings. The van der Waals surface area contributed by atoms with Gasteiger partial charge in [-0.15, -0.1) is 0 Å². The highest BCUT2D eigenvalue weighted by Crippen LogP contribution is 2.21. The van der Waals surface area contributed by atoms with E-state index in [4.69, 9.17) is 9.26 Å². The molecule has 0 N–H and O–H groups in total. The van der Waals surface area contributed by atoms with E-state index >= 15 is 0 Å². The number of halogens is 1. The monoisotopic (exact) mass is 348 g/mol. The first-order chi connectivity index (χ1) is 12.0. The van der Waals surface area contributed by atoms with E-state index in [1.807, 2.05) is 0 Å². The Morgan fingerprint density at radius 3 is 2.88 bits per heavy atom. The smallest absolute Gasteiger partial charge is 0.240 e. The van der Waals surface area contributed by atoms with Crippen LogP contribution in [-0.4, -0.2) is 52.5 Å². The maximum Gasteiger partial charge on any atom is 0.240 e. The summed E-state index contributed by atoms with van der Waals surface area (Å²) in [5, 5.41) is 3.89. The summed E-state index contributed by atoms with van der Waals surface area (Å²) in [7, 11) is 3.52. The standard InChI is InChI=1S/C17H21FN4O3/c1-21(2)17(23)14-4-3-9-22(14)10-16-19-15(20-25-16)11-24-13-7-5-12(18)6-8-13/h5-8,14H,3-4,9-11H2,1-2H3. The number of ether oxygens (including phenoxy) is 1. The molecule has 0 bridgehead atoms. The van der Waals surface area contributed by atoms with Crippen LogP contribution in [-0.2, 0) is 17.9 Å². The van der Waals surface area contributed by atoms with Crippen molar-refractivity contribution in [2.24, 2.45) is 0 Å². The quantitative estimate of drug-likeness (QED) is 0.793. The number of nitrogens with zero attached hydrogens (tertiary/aromatic N) is 4. The summed E-state index contributed by atoms with van der Waals surface area (Å²) in [5.41, 5.74) is 0. The summed E-state index contributed by atoms with van der Waals surface area (Å²) in [4.78, 5) is 20.2. The van der Waals surface area contributed by atoms with Gasteiger partial charge >= 0.3 is 0 Å². The fourth-order valence-corrected chi connectivity index (χ4v) is 2.86. The number of hydrogen-bond donors (Lipinski definition) is 0. The van der Waals surface area contributed by atoms with Gasteiger partial charge in [0.05, 0.1) is 12.6 Å². The molecule has 3 rings (SSSR count). The Morgan fingerprint density at radius 1 is 1.40 bits per heavy atom. The van der Waals surface area contributed by atoms with Crippen LogP contribution in [0.1, 0.15) is 24.6 Å². The molecular formula is C17H21FN4O3. The molecule has 1 aliphatic heterocycles. The number of rotatable bonds is 6. The van der Waals surface area contributed by atoms with Crippen LogP contribution < -0.4 is 4.74 Å². The molecule has 1 amide bonds. The highest BCUT2D eigenvalue weighted by molar-refractivity contribution is 5.81. The molecule has 1 atom stereocenters. The van der Waals surface area contributed by atoms with Crippen molar-refractivity contribution in [1.82, 2.24) is 19.9 Å². The number of carbonyl (C=O) groups excluding carboxylic acids is 1. The van der Waals surface area contributed by atoms with Crippen LogP contribution in [0.5, 0.6) is 5.75 Å². The van der Waals surface area contributed by atoms with Gasteiger partial charge in [0.2, 0.25) is 17.6 Å². The summed E-state index contributed by atoms with van der Waals surface area (Å²) in [6, 6.07) is 5.59. The summed E-state index contributed by atoms with van der Waals surface area (Å²) in [6.07, 6.45) is 1.81. The van der Waals surface area contributed by atoms with E-state index in [0.717, 1.165) is 19.4 Å². The normalized spacial score (nSPS) is 17.6. The Hall–Kier alpha value is -2.48. The van der Waals surface area contributed by atoms with Gasteiger partial charge in [0, 0.05) is 14.1 Å². The largest absolute Gasteiger partial charge is 0.485 e. The maximum absolute atomic E-state index is 12.9. The van der Waals surface area contributed by atoms with Gasteiger partial charge < -0.3 is 14.2 Å². The van der Waals surface area contributed by atoms with E-state index in [9.17, 15) is 9.18 Å². The molecule has 134 valence electrons. The second-order valence-corrected chi connectivity index (χ2v) is 6.21. The van der Waals surface area contributed by atoms with Crippen LogP contribution in [0.4, 0.5) is 4.39 Å². The van der Waals surface area contributed by atoms with Crippen molar-refractivity contribution < 1.29 is 18.4 Å². The molecule has 0 radical (unpaired) electrons. The van der Waals surface area contributed by atoms with Crippen molar-refractivity contribution in [3.63, 3.8) is 0 Å². The molecule has 2 heterocycles. The minimum atomic E-state index is -0.318. The predicted molar refractivity (Wildman–Crippen MR) is 87.2 cm³/mol. The number of amides is 1. The van der Waals surface area contributed by atoms with E-state index < -0.39 is 0 Å². The molecule has 1 aromatic heterocycles. The zero-order chi connectivity index (χ0) is 17.8. The number of carbonyl (C=O) groups is 1. The number of likely N-dealkylation sites (tertiary alicyclic amines) is 1. The van der Waals surface area contributed by atoms with Crippen LogP contribution in [0.25, 0.3) is 0 Å². The number of aromatic nitrogens is 2. The molecule has 0 saturated carbocycles. The Morgan fingerprint density at radius 2 is 2.16 bits per heavy atom. The fraction of sp³-hybridized carbons (Fsp3) is 0.471. The van der Waals surface area contributed by atoms with E-state index in [1.165, 1.54) is 24.3 Å². The Bertz CT molecular complexity index is 717. The van der Waals surface area contributed by atoms with Gasteiger partial charge in [-0.25, -0.2) is 4.39 Å². The summed E-state index contributed by atoms with van der Waals surface area (Å²) < 4.78 is 23.6. The lowest BCUT2D eigenvalue weighted by molar-refractivity contribution is -0.133. The first-order valence-corrected chi connectivity index (χ1v) is 8.18. The molecule has 2 aromatic rings. The van der Waals surface area contributed by atoms with Crippen molar-refractivity contribution in [3.05, 3.63) is 41.8 Å². The van der Waals surface area contributed by atoms with Gasteiger partial charge in [0.25, 0.3) is 0 Å². The maximum atomic E-state index is 12.9. The molecule has 0 aliphatic carbocycles. The number of benzene rings is 1. The summed E-state index contributed by atoms with van der Waals surface area (Å²) in [6.45, 7) is 1.40. The molecule has 7 nitrogen and oxygen atoms in total. The molecular weight excluding hydrogens is 327 g/mol. The SMILES string of the molecule is CN(C)C(=O)C1CCCN1Cc1nc(COc2ccc(F)cc2)no1. The van der Waals surface area contributed by atoms with Crippen LogP contribution >= 0.6 is 0 Å². The van der Waals surface area contributed by atoms with Crippen molar-refractivity contribution in [3.8, 4) is 5.75 Å². The van der Waals surface area contributed by atoms with Crippen molar-refractivity contribution in [1.29, 1.82) is 0 Å². The second-order valence-electron chi connectivity index (χ2n) is 6.21. The van der Waals surface area contributed by atoms with Gasteiger partial charge in [-0.3, -0.25) is 9.69 Å². The van der Waals surface area contributed by atoms with Gasteiger partial charge in [-0.2, -0.15) is 4.98 Å². The third-order valence-electron chi connectivity index (χ3n) is 4.12. The predicted octanol–water partition coefficient (Wildman–Crippen LogP) is 1.84. The molecule has 1 fully saturated rings. The van der Waals surface area contributed by atoms with E-state index in [-0.39, 0.29) is 24.4 Å². The first-order valence-electron chi connectivity index (χ1n) is 8.18. The topological polar surface area (TPSA) is 71.7 Å². The Balaban J connectivity index is 1.56. The van der Waals surface area contributed by atoms with Crippen molar-refractivity contribution in [2.45, 2.75) is 32.0 Å². The number of likely N-dealkylation sites (N-methyl/N-ethyl adjacent to an activating group) is 1. The van der Waals surface area contributed by atoms with E-state index in [1.54, 1.807) is 19.0 Å². The van der Waals surface area contributed by atoms with E-state index in [0.29, 0.717) is 24.0 Å². The Labute approximate surface area is 145 Å². The second kappa shape index (κ2) is 7.60. The molecule has 0 spiro atoms. The number of hydrogen-bond acceptors (Lipinski definition) is 6. The highest BCUT2D eigenvalue weighted by atomic mass is 19.1. The average Bonchev–Trinajstić information content (AvgIpc) is 3.23. The van der Waals surface area contributed by atoms with Crippen molar-refractivity contribution >= 4 is 5.91 Å². The lowest BCUT2D eigenvalue weighted by Crippen LogP contribution is -2.42. The highest BCUT2D eigenvalue weighted by Gasteiger charge is 2.32. The van der Waals surface area contributed by atoms with Crippen LogP contribution in [0.3, 0.4) is 0 Å². The zero-order valence-electron chi connectivity index (χ0n) is 14.3. The van der Waals surface area contributed by atoms with Gasteiger partial charge in [0.15, 0.2) is 6.61 Å². The lowest BCUT2D eigenvalue weighted by atomic mass is 10.2. The summed E-state index contributed by atoms with van der Waals surface area (Å²) >= 11 is 0. The van der Waals surface area contributed by atoms with Gasteiger partial charge in [-0.05, 0) is 43.7 Å². The van der Waals surface area contributed by atoms with Gasteiger partial charge in [0.1, 0.15) is 11.6 Å². The molecule has 8 heteroatoms.